The predicted molar refractivity (Wildman–Crippen MR) is 92.1 cm³/mol. The van der Waals surface area contributed by atoms with Crippen LogP contribution in [0, 0.1) is 5.92 Å². The number of rotatable bonds is 0. The molecular formula is C18H17FN4O2. The SMILES string of the molecule is C[C@@H]1C=N/C=C(/F)OC2=C3C=C(C=Cn4ncc(c43)C(=O)NC1)CC2. The summed E-state index contributed by atoms with van der Waals surface area (Å²) >= 11 is 0. The van der Waals surface area contributed by atoms with Gasteiger partial charge in [0.25, 0.3) is 11.9 Å². The van der Waals surface area contributed by atoms with Gasteiger partial charge < -0.3 is 10.1 Å². The molecule has 0 spiro atoms. The third-order valence-electron chi connectivity index (χ3n) is 4.32. The number of amides is 1. The Hall–Kier alpha value is -2.96. The van der Waals surface area contributed by atoms with Crippen molar-refractivity contribution in [2.45, 2.75) is 19.8 Å². The molecule has 1 amide bonds. The molecule has 1 N–H and O–H groups in total. The molecule has 3 aliphatic rings. The fourth-order valence-electron chi connectivity index (χ4n) is 3.04. The zero-order valence-electron chi connectivity index (χ0n) is 13.7. The number of aliphatic imine (C=N–C) groups is 1. The maximum Gasteiger partial charge on any atom is 0.296 e. The van der Waals surface area contributed by atoms with Gasteiger partial charge in [-0.3, -0.25) is 9.79 Å². The van der Waals surface area contributed by atoms with E-state index in [1.807, 2.05) is 25.3 Å². The van der Waals surface area contributed by atoms with Gasteiger partial charge in [0, 0.05) is 36.9 Å². The van der Waals surface area contributed by atoms with E-state index in [-0.39, 0.29) is 11.8 Å². The van der Waals surface area contributed by atoms with Crippen LogP contribution in [0.2, 0.25) is 0 Å². The number of halogens is 1. The number of allylic oxidation sites excluding steroid dienone is 5. The van der Waals surface area contributed by atoms with Crippen molar-refractivity contribution in [3.63, 3.8) is 0 Å². The molecule has 128 valence electrons. The van der Waals surface area contributed by atoms with Crippen molar-refractivity contribution < 1.29 is 13.9 Å². The minimum Gasteiger partial charge on any atom is -0.434 e. The molecule has 7 heteroatoms. The average molecular weight is 340 g/mol. The van der Waals surface area contributed by atoms with Crippen LogP contribution in [-0.4, -0.2) is 28.4 Å². The van der Waals surface area contributed by atoms with Crippen LogP contribution in [0.5, 0.6) is 0 Å². The third-order valence-corrected chi connectivity index (χ3v) is 4.32. The fraction of sp³-hybridized carbons (Fsp3) is 0.278. The van der Waals surface area contributed by atoms with Gasteiger partial charge in [0.2, 0.25) is 0 Å². The van der Waals surface area contributed by atoms with E-state index < -0.39 is 6.01 Å². The van der Waals surface area contributed by atoms with Crippen LogP contribution in [0.15, 0.2) is 46.9 Å². The third kappa shape index (κ3) is 2.93. The molecule has 0 saturated carbocycles. The molecule has 0 saturated heterocycles. The van der Waals surface area contributed by atoms with Crippen LogP contribution in [0.3, 0.4) is 0 Å². The molecule has 2 aliphatic heterocycles. The molecule has 1 aliphatic carbocycles. The number of hydrogen-bond acceptors (Lipinski definition) is 4. The molecular weight excluding hydrogens is 323 g/mol. The highest BCUT2D eigenvalue weighted by Gasteiger charge is 2.27. The van der Waals surface area contributed by atoms with Crippen LogP contribution in [0.1, 0.15) is 35.8 Å². The van der Waals surface area contributed by atoms with Crippen molar-refractivity contribution in [2.24, 2.45) is 10.9 Å². The topological polar surface area (TPSA) is 68.5 Å². The predicted octanol–water partition coefficient (Wildman–Crippen LogP) is 3.03. The van der Waals surface area contributed by atoms with E-state index in [1.165, 1.54) is 6.20 Å². The Morgan fingerprint density at radius 1 is 1.40 bits per heavy atom. The normalized spacial score (nSPS) is 24.7. The highest BCUT2D eigenvalue weighted by molar-refractivity contribution is 6.00. The molecule has 3 heterocycles. The van der Waals surface area contributed by atoms with Gasteiger partial charge in [-0.05, 0) is 24.1 Å². The second-order valence-electron chi connectivity index (χ2n) is 6.24. The van der Waals surface area contributed by atoms with E-state index in [0.717, 1.165) is 18.2 Å². The minimum absolute atomic E-state index is 0.0445. The van der Waals surface area contributed by atoms with Crippen LogP contribution < -0.4 is 5.32 Å². The lowest BCUT2D eigenvalue weighted by molar-refractivity contribution is 0.0951. The second-order valence-corrected chi connectivity index (χ2v) is 6.24. The Labute approximate surface area is 144 Å². The zero-order valence-corrected chi connectivity index (χ0v) is 13.7. The van der Waals surface area contributed by atoms with Crippen molar-refractivity contribution in [2.75, 3.05) is 6.54 Å². The molecule has 0 unspecified atom stereocenters. The maximum absolute atomic E-state index is 14.1. The molecule has 0 aromatic carbocycles. The lowest BCUT2D eigenvalue weighted by atomic mass is 9.94. The first-order chi connectivity index (χ1) is 12.1. The largest absolute Gasteiger partial charge is 0.434 e. The average Bonchev–Trinajstić information content (AvgIpc) is 2.96. The fourth-order valence-corrected chi connectivity index (χ4v) is 3.04. The van der Waals surface area contributed by atoms with Crippen molar-refractivity contribution in [3.05, 3.63) is 53.2 Å². The van der Waals surface area contributed by atoms with Gasteiger partial charge in [-0.2, -0.15) is 9.49 Å². The van der Waals surface area contributed by atoms with Gasteiger partial charge in [0.15, 0.2) is 0 Å². The van der Waals surface area contributed by atoms with Crippen molar-refractivity contribution >= 4 is 23.9 Å². The summed E-state index contributed by atoms with van der Waals surface area (Å²) in [5.41, 5.74) is 2.81. The first kappa shape index (κ1) is 15.6. The Morgan fingerprint density at radius 3 is 3.16 bits per heavy atom. The highest BCUT2D eigenvalue weighted by atomic mass is 19.1. The molecule has 0 radical (unpaired) electrons. The maximum atomic E-state index is 14.1. The quantitative estimate of drug-likeness (QED) is 0.789. The van der Waals surface area contributed by atoms with Gasteiger partial charge in [0.1, 0.15) is 5.76 Å². The number of carbonyl (C=O) groups is 1. The monoisotopic (exact) mass is 340 g/mol. The minimum atomic E-state index is -0.772. The lowest BCUT2D eigenvalue weighted by Gasteiger charge is -2.18. The number of hydrogen-bond donors (Lipinski definition) is 1. The molecule has 1 aromatic rings. The van der Waals surface area contributed by atoms with Crippen LogP contribution >= 0.6 is 0 Å². The zero-order chi connectivity index (χ0) is 17.4. The van der Waals surface area contributed by atoms with E-state index in [2.05, 4.69) is 15.4 Å². The van der Waals surface area contributed by atoms with E-state index in [0.29, 0.717) is 35.6 Å². The molecule has 4 rings (SSSR count). The Kier molecular flexibility index (Phi) is 3.83. The van der Waals surface area contributed by atoms with Gasteiger partial charge in [-0.25, -0.2) is 4.68 Å². The highest BCUT2D eigenvalue weighted by Crippen LogP contribution is 2.37. The molecule has 1 atom stereocenters. The summed E-state index contributed by atoms with van der Waals surface area (Å²) in [4.78, 5) is 16.6. The summed E-state index contributed by atoms with van der Waals surface area (Å²) in [6.45, 7) is 2.28. The Bertz CT molecular complexity index is 889. The van der Waals surface area contributed by atoms with E-state index >= 15 is 0 Å². The number of nitrogens with one attached hydrogen (secondary N) is 1. The second kappa shape index (κ2) is 6.16. The molecule has 25 heavy (non-hydrogen) atoms. The lowest BCUT2D eigenvalue weighted by Crippen LogP contribution is -2.29. The summed E-state index contributed by atoms with van der Waals surface area (Å²) in [5.74, 6) is 0.202. The van der Waals surface area contributed by atoms with Crippen LogP contribution in [0.25, 0.3) is 11.8 Å². The summed E-state index contributed by atoms with van der Waals surface area (Å²) in [6, 6.07) is -0.772. The molecule has 2 bridgehead atoms. The van der Waals surface area contributed by atoms with Crippen molar-refractivity contribution in [1.82, 2.24) is 15.1 Å². The standard InChI is InChI=1S/C18H17FN4O2/c1-11-7-20-10-16(19)25-15-3-2-12-4-5-23-17(13(15)6-12)14(9-22-23)18(24)21-8-11/h4-7,9-11H,2-3,8H2,1H3,(H,21,24)/b16-10-,20-7?/t11-/m1/s1. The number of aromatic nitrogens is 2. The first-order valence-corrected chi connectivity index (χ1v) is 8.16. The van der Waals surface area contributed by atoms with Crippen molar-refractivity contribution in [1.29, 1.82) is 0 Å². The van der Waals surface area contributed by atoms with E-state index in [9.17, 15) is 9.18 Å². The molecule has 0 fully saturated rings. The van der Waals surface area contributed by atoms with E-state index in [4.69, 9.17) is 4.74 Å². The van der Waals surface area contributed by atoms with Crippen LogP contribution in [-0.2, 0) is 4.74 Å². The summed E-state index contributed by atoms with van der Waals surface area (Å²) < 4.78 is 21.2. The summed E-state index contributed by atoms with van der Waals surface area (Å²) in [6.07, 6.45) is 11.1. The Balaban J connectivity index is 1.89. The first-order valence-electron chi connectivity index (χ1n) is 8.16. The number of carbonyl (C=O) groups excluding carboxylic acids is 1. The van der Waals surface area contributed by atoms with Gasteiger partial charge in [-0.15, -0.1) is 0 Å². The van der Waals surface area contributed by atoms with Gasteiger partial charge in [-0.1, -0.05) is 6.92 Å². The summed E-state index contributed by atoms with van der Waals surface area (Å²) in [7, 11) is 0. The molecule has 1 aromatic heterocycles. The number of nitrogens with zero attached hydrogens (tertiary/aromatic N) is 3. The summed E-state index contributed by atoms with van der Waals surface area (Å²) in [5, 5.41) is 7.16. The molecule has 6 nitrogen and oxygen atoms in total. The van der Waals surface area contributed by atoms with Crippen LogP contribution in [0.4, 0.5) is 4.39 Å². The van der Waals surface area contributed by atoms with E-state index in [1.54, 1.807) is 10.9 Å². The smallest absolute Gasteiger partial charge is 0.296 e. The van der Waals surface area contributed by atoms with Gasteiger partial charge >= 0.3 is 0 Å². The Morgan fingerprint density at radius 2 is 2.28 bits per heavy atom. The van der Waals surface area contributed by atoms with Crippen molar-refractivity contribution in [3.8, 4) is 0 Å². The van der Waals surface area contributed by atoms with Gasteiger partial charge in [0.05, 0.1) is 23.7 Å². The number of ether oxygens (including phenoxy) is 1.